The summed E-state index contributed by atoms with van der Waals surface area (Å²) < 4.78 is 1.79. The third-order valence-corrected chi connectivity index (χ3v) is 6.45. The summed E-state index contributed by atoms with van der Waals surface area (Å²) in [7, 11) is 0. The number of hydrogen-bond acceptors (Lipinski definition) is 4. The van der Waals surface area contributed by atoms with Crippen molar-refractivity contribution in [3.05, 3.63) is 51.8 Å². The number of carbonyl (C=O) groups is 1. The number of nitrogens with one attached hydrogen (secondary N) is 1. The third-order valence-electron chi connectivity index (χ3n) is 5.11. The van der Waals surface area contributed by atoms with Crippen molar-refractivity contribution in [3.63, 3.8) is 0 Å². The second-order valence-electron chi connectivity index (χ2n) is 8.23. The van der Waals surface area contributed by atoms with Crippen LogP contribution in [0.4, 0.5) is 5.69 Å². The molecule has 0 saturated carbocycles. The van der Waals surface area contributed by atoms with E-state index < -0.39 is 0 Å². The Bertz CT molecular complexity index is 916. The Kier molecular flexibility index (Phi) is 8.03. The molecular weight excluding hydrogens is 416 g/mol. The van der Waals surface area contributed by atoms with Crippen LogP contribution < -0.4 is 5.32 Å². The molecule has 0 aliphatic carbocycles. The first-order valence-electron chi connectivity index (χ1n) is 10.4. The van der Waals surface area contributed by atoms with E-state index in [1.807, 2.05) is 31.7 Å². The number of aromatic nitrogens is 2. The van der Waals surface area contributed by atoms with E-state index in [0.717, 1.165) is 48.7 Å². The second kappa shape index (κ2) is 10.5. The van der Waals surface area contributed by atoms with Gasteiger partial charge in [0.2, 0.25) is 5.91 Å². The first kappa shape index (κ1) is 22.9. The van der Waals surface area contributed by atoms with Crippen LogP contribution in [-0.4, -0.2) is 45.2 Å². The van der Waals surface area contributed by atoms with Crippen LogP contribution in [0.3, 0.4) is 0 Å². The Balaban J connectivity index is 1.62. The minimum absolute atomic E-state index is 0.175. The van der Waals surface area contributed by atoms with Gasteiger partial charge >= 0.3 is 0 Å². The molecule has 0 unspecified atom stereocenters. The molecule has 30 heavy (non-hydrogen) atoms. The van der Waals surface area contributed by atoms with Crippen LogP contribution in [0.5, 0.6) is 0 Å². The molecule has 2 aromatic rings. The maximum Gasteiger partial charge on any atom is 0.248 e. The molecule has 1 saturated heterocycles. The average molecular weight is 447 g/mol. The number of aryl methyl sites for hydroxylation is 2. The van der Waals surface area contributed by atoms with E-state index in [1.54, 1.807) is 10.8 Å². The highest BCUT2D eigenvalue weighted by Gasteiger charge is 2.13. The first-order chi connectivity index (χ1) is 14.3. The molecule has 7 heteroatoms. The topological polar surface area (TPSA) is 50.2 Å². The molecule has 0 atom stereocenters. The molecule has 0 radical (unpaired) electrons. The molecule has 3 rings (SSSR count). The summed E-state index contributed by atoms with van der Waals surface area (Å²) in [6.45, 7) is 12.2. The van der Waals surface area contributed by atoms with Crippen LogP contribution in [0, 0.1) is 19.8 Å². The lowest BCUT2D eigenvalue weighted by molar-refractivity contribution is -0.111. The van der Waals surface area contributed by atoms with E-state index in [0.29, 0.717) is 11.1 Å². The molecule has 1 fully saturated rings. The number of benzene rings is 1. The van der Waals surface area contributed by atoms with Crippen LogP contribution in [0.2, 0.25) is 5.15 Å². The average Bonchev–Trinajstić information content (AvgIpc) is 2.95. The van der Waals surface area contributed by atoms with Crippen LogP contribution in [0.25, 0.3) is 6.08 Å². The molecule has 0 spiro atoms. The molecule has 1 aliphatic rings. The van der Waals surface area contributed by atoms with E-state index in [4.69, 9.17) is 11.6 Å². The van der Waals surface area contributed by atoms with Gasteiger partial charge in [-0.25, -0.2) is 0 Å². The lowest BCUT2D eigenvalue weighted by Gasteiger charge is -2.26. The molecule has 1 aliphatic heterocycles. The Morgan fingerprint density at radius 3 is 2.70 bits per heavy atom. The van der Waals surface area contributed by atoms with E-state index in [9.17, 15) is 4.79 Å². The molecule has 162 valence electrons. The van der Waals surface area contributed by atoms with Crippen LogP contribution in [0.1, 0.15) is 36.2 Å². The Morgan fingerprint density at radius 2 is 2.03 bits per heavy atom. The van der Waals surface area contributed by atoms with Crippen molar-refractivity contribution >= 4 is 41.0 Å². The quantitative estimate of drug-likeness (QED) is 0.607. The van der Waals surface area contributed by atoms with Gasteiger partial charge in [0, 0.05) is 55.0 Å². The van der Waals surface area contributed by atoms with Crippen molar-refractivity contribution in [2.24, 2.45) is 5.92 Å². The number of carbonyl (C=O) groups excluding carboxylic acids is 1. The smallest absolute Gasteiger partial charge is 0.248 e. The van der Waals surface area contributed by atoms with Crippen LogP contribution >= 0.6 is 23.4 Å². The van der Waals surface area contributed by atoms with Crippen molar-refractivity contribution in [3.8, 4) is 0 Å². The van der Waals surface area contributed by atoms with Crippen molar-refractivity contribution in [1.82, 2.24) is 14.7 Å². The minimum atomic E-state index is -0.175. The fraction of sp³-hybridized carbons (Fsp3) is 0.478. The fourth-order valence-corrected chi connectivity index (χ4v) is 4.82. The summed E-state index contributed by atoms with van der Waals surface area (Å²) in [4.78, 5) is 15.0. The summed E-state index contributed by atoms with van der Waals surface area (Å²) in [6.07, 6.45) is 3.27. The highest BCUT2D eigenvalue weighted by molar-refractivity contribution is 7.99. The number of nitrogens with zero attached hydrogens (tertiary/aromatic N) is 3. The molecule has 1 N–H and O–H groups in total. The number of anilines is 1. The molecule has 0 bridgehead atoms. The first-order valence-corrected chi connectivity index (χ1v) is 12.0. The van der Waals surface area contributed by atoms with Gasteiger partial charge < -0.3 is 5.32 Å². The normalized spacial score (nSPS) is 15.3. The molecule has 2 heterocycles. The van der Waals surface area contributed by atoms with E-state index in [-0.39, 0.29) is 5.91 Å². The maximum atomic E-state index is 12.5. The molecule has 1 amide bonds. The monoisotopic (exact) mass is 446 g/mol. The predicted molar refractivity (Wildman–Crippen MR) is 128 cm³/mol. The zero-order chi connectivity index (χ0) is 21.7. The van der Waals surface area contributed by atoms with Crippen molar-refractivity contribution < 1.29 is 4.79 Å². The largest absolute Gasteiger partial charge is 0.322 e. The number of halogens is 1. The molecular formula is C23H31ClN4OS. The molecule has 1 aromatic heterocycles. The minimum Gasteiger partial charge on any atom is -0.322 e. The van der Waals surface area contributed by atoms with Gasteiger partial charge in [0.1, 0.15) is 5.15 Å². The van der Waals surface area contributed by atoms with Crippen LogP contribution in [-0.2, 0) is 17.9 Å². The Labute approximate surface area is 188 Å². The zero-order valence-electron chi connectivity index (χ0n) is 18.2. The number of amides is 1. The summed E-state index contributed by atoms with van der Waals surface area (Å²) >= 11 is 8.47. The summed E-state index contributed by atoms with van der Waals surface area (Å²) in [5.74, 6) is 2.69. The van der Waals surface area contributed by atoms with E-state index >= 15 is 0 Å². The number of thioether (sulfide) groups is 1. The van der Waals surface area contributed by atoms with Gasteiger partial charge in [-0.3, -0.25) is 14.4 Å². The van der Waals surface area contributed by atoms with E-state index in [2.05, 4.69) is 41.3 Å². The van der Waals surface area contributed by atoms with Gasteiger partial charge in [-0.05, 0) is 43.0 Å². The lowest BCUT2D eigenvalue weighted by atomic mass is 10.1. The lowest BCUT2D eigenvalue weighted by Crippen LogP contribution is -2.31. The SMILES string of the molecule is Cc1cc(CN2CCSCC2)ccc1NC(=O)C=Cc1c(C)nn(CC(C)C)c1Cl. The van der Waals surface area contributed by atoms with Gasteiger partial charge in [0.15, 0.2) is 0 Å². The standard InChI is InChI=1S/C23H31ClN4OS/c1-16(2)14-28-23(24)20(18(4)26-28)6-8-22(29)25-21-7-5-19(13-17(21)3)15-27-9-11-30-12-10-27/h5-8,13,16H,9-12,14-15H2,1-4H3,(H,25,29). The molecule has 1 aromatic carbocycles. The maximum absolute atomic E-state index is 12.5. The molecule has 5 nitrogen and oxygen atoms in total. The van der Waals surface area contributed by atoms with Gasteiger partial charge in [-0.2, -0.15) is 16.9 Å². The van der Waals surface area contributed by atoms with Gasteiger partial charge in [0.05, 0.1) is 5.69 Å². The predicted octanol–water partition coefficient (Wildman–Crippen LogP) is 5.01. The summed E-state index contributed by atoms with van der Waals surface area (Å²) in [5.41, 5.74) is 4.80. The van der Waals surface area contributed by atoms with E-state index in [1.165, 1.54) is 23.1 Å². The van der Waals surface area contributed by atoms with Crippen LogP contribution in [0.15, 0.2) is 24.3 Å². The highest BCUT2D eigenvalue weighted by atomic mass is 35.5. The summed E-state index contributed by atoms with van der Waals surface area (Å²) in [5, 5.41) is 8.03. The second-order valence-corrected chi connectivity index (χ2v) is 9.81. The van der Waals surface area contributed by atoms with Gasteiger partial charge in [-0.1, -0.05) is 37.6 Å². The van der Waals surface area contributed by atoms with Crippen molar-refractivity contribution in [2.75, 3.05) is 29.9 Å². The van der Waals surface area contributed by atoms with Crippen molar-refractivity contribution in [1.29, 1.82) is 0 Å². The zero-order valence-corrected chi connectivity index (χ0v) is 19.8. The fourth-order valence-electron chi connectivity index (χ4n) is 3.54. The van der Waals surface area contributed by atoms with Crippen molar-refractivity contribution in [2.45, 2.75) is 40.8 Å². The number of rotatable bonds is 7. The van der Waals surface area contributed by atoms with Gasteiger partial charge in [0.25, 0.3) is 0 Å². The third kappa shape index (κ3) is 6.13. The summed E-state index contributed by atoms with van der Waals surface area (Å²) in [6, 6.07) is 6.26. The van der Waals surface area contributed by atoms with Gasteiger partial charge in [-0.15, -0.1) is 0 Å². The highest BCUT2D eigenvalue weighted by Crippen LogP contribution is 2.23. The Hall–Kier alpha value is -1.76. The Morgan fingerprint density at radius 1 is 1.30 bits per heavy atom. The number of hydrogen-bond donors (Lipinski definition) is 1.